The molecule has 0 aliphatic carbocycles. The summed E-state index contributed by atoms with van der Waals surface area (Å²) in [6.07, 6.45) is 0. The minimum atomic E-state index is -1.71. The van der Waals surface area contributed by atoms with Crippen LogP contribution in [0.5, 0.6) is 5.75 Å². The number of hydrogen-bond donors (Lipinski definition) is 0. The Balaban J connectivity index is 2.29. The molecule has 1 aromatic carbocycles. The van der Waals surface area contributed by atoms with Crippen LogP contribution < -0.4 is 4.43 Å². The van der Waals surface area contributed by atoms with E-state index in [2.05, 4.69) is 63.5 Å². The fourth-order valence-corrected chi connectivity index (χ4v) is 3.29. The van der Waals surface area contributed by atoms with Gasteiger partial charge in [-0.05, 0) is 53.2 Å². The second-order valence-electron chi connectivity index (χ2n) is 5.98. The molecule has 2 rings (SSSR count). The first kappa shape index (κ1) is 12.6. The molecule has 0 amide bonds. The summed E-state index contributed by atoms with van der Waals surface area (Å²) in [5.74, 6) is 1.02. The predicted octanol–water partition coefficient (Wildman–Crippen LogP) is 5.29. The van der Waals surface area contributed by atoms with Crippen LogP contribution in [-0.2, 0) is 0 Å². The standard InChI is InChI=1S/C14H20OSSi/c1-14(2,3)17(4,5)15-12-7-6-11-8-9-16-13(11)10-12/h6-10H,1-5H3. The van der Waals surface area contributed by atoms with Crippen LogP contribution in [0.3, 0.4) is 0 Å². The van der Waals surface area contributed by atoms with E-state index < -0.39 is 8.32 Å². The van der Waals surface area contributed by atoms with Crippen LogP contribution in [0.25, 0.3) is 10.1 Å². The molecule has 0 aliphatic heterocycles. The molecule has 1 aromatic heterocycles. The average molecular weight is 264 g/mol. The Hall–Kier alpha value is -0.803. The van der Waals surface area contributed by atoms with Crippen molar-refractivity contribution in [3.63, 3.8) is 0 Å². The maximum atomic E-state index is 6.29. The second-order valence-corrected chi connectivity index (χ2v) is 11.7. The topological polar surface area (TPSA) is 9.23 Å². The first-order valence-corrected chi connectivity index (χ1v) is 9.75. The van der Waals surface area contributed by atoms with Gasteiger partial charge >= 0.3 is 0 Å². The van der Waals surface area contributed by atoms with Crippen LogP contribution in [0.4, 0.5) is 0 Å². The summed E-state index contributed by atoms with van der Waals surface area (Å²) in [7, 11) is -1.71. The first-order valence-electron chi connectivity index (χ1n) is 5.96. The summed E-state index contributed by atoms with van der Waals surface area (Å²) >= 11 is 1.77. The predicted molar refractivity (Wildman–Crippen MR) is 79.7 cm³/mol. The van der Waals surface area contributed by atoms with Gasteiger partial charge in [0.2, 0.25) is 8.32 Å². The van der Waals surface area contributed by atoms with E-state index in [0.29, 0.717) is 0 Å². The van der Waals surface area contributed by atoms with E-state index in [-0.39, 0.29) is 5.04 Å². The molecule has 0 fully saturated rings. The van der Waals surface area contributed by atoms with Gasteiger partial charge < -0.3 is 4.43 Å². The third kappa shape index (κ3) is 2.55. The van der Waals surface area contributed by atoms with Gasteiger partial charge in [-0.25, -0.2) is 0 Å². The lowest BCUT2D eigenvalue weighted by molar-refractivity contribution is 0.493. The van der Waals surface area contributed by atoms with E-state index in [1.165, 1.54) is 10.1 Å². The van der Waals surface area contributed by atoms with E-state index in [1.54, 1.807) is 11.3 Å². The SMILES string of the molecule is CC(C)(C)[Si](C)(C)Oc1ccc2ccsc2c1. The highest BCUT2D eigenvalue weighted by molar-refractivity contribution is 7.17. The van der Waals surface area contributed by atoms with Crippen molar-refractivity contribution >= 4 is 29.7 Å². The van der Waals surface area contributed by atoms with E-state index in [0.717, 1.165) is 5.75 Å². The lowest BCUT2D eigenvalue weighted by Crippen LogP contribution is -2.43. The highest BCUT2D eigenvalue weighted by Crippen LogP contribution is 2.38. The summed E-state index contributed by atoms with van der Waals surface area (Å²) in [5.41, 5.74) is 0. The van der Waals surface area contributed by atoms with Crippen LogP contribution in [0.1, 0.15) is 20.8 Å². The highest BCUT2D eigenvalue weighted by atomic mass is 32.1. The molecule has 0 atom stereocenters. The second kappa shape index (κ2) is 4.14. The number of fused-ring (bicyclic) bond motifs is 1. The highest BCUT2D eigenvalue weighted by Gasteiger charge is 2.38. The monoisotopic (exact) mass is 264 g/mol. The molecule has 1 nitrogen and oxygen atoms in total. The third-order valence-corrected chi connectivity index (χ3v) is 8.84. The van der Waals surface area contributed by atoms with Crippen molar-refractivity contribution in [2.24, 2.45) is 0 Å². The summed E-state index contributed by atoms with van der Waals surface area (Å²) in [5, 5.41) is 3.68. The molecule has 0 N–H and O–H groups in total. The van der Waals surface area contributed by atoms with Gasteiger partial charge in [-0.3, -0.25) is 0 Å². The zero-order valence-electron chi connectivity index (χ0n) is 11.2. The average Bonchev–Trinajstić information content (AvgIpc) is 2.62. The summed E-state index contributed by atoms with van der Waals surface area (Å²) in [4.78, 5) is 0. The lowest BCUT2D eigenvalue weighted by Gasteiger charge is -2.36. The summed E-state index contributed by atoms with van der Waals surface area (Å²) in [6, 6.07) is 8.56. The zero-order chi connectivity index (χ0) is 12.7. The van der Waals surface area contributed by atoms with Crippen molar-refractivity contribution < 1.29 is 4.43 Å². The lowest BCUT2D eigenvalue weighted by atomic mass is 10.2. The van der Waals surface area contributed by atoms with Gasteiger partial charge in [-0.15, -0.1) is 11.3 Å². The molecule has 0 aliphatic rings. The van der Waals surface area contributed by atoms with E-state index in [1.807, 2.05) is 0 Å². The smallest absolute Gasteiger partial charge is 0.250 e. The Labute approximate surface area is 109 Å². The molecule has 1 heterocycles. The molecule has 17 heavy (non-hydrogen) atoms. The van der Waals surface area contributed by atoms with Crippen molar-refractivity contribution in [2.45, 2.75) is 38.9 Å². The van der Waals surface area contributed by atoms with Crippen LogP contribution in [0.2, 0.25) is 18.1 Å². The summed E-state index contributed by atoms with van der Waals surface area (Å²) < 4.78 is 7.60. The van der Waals surface area contributed by atoms with Gasteiger partial charge in [0.05, 0.1) is 0 Å². The van der Waals surface area contributed by atoms with Gasteiger partial charge in [0.25, 0.3) is 0 Å². The molecule has 0 saturated heterocycles. The van der Waals surface area contributed by atoms with Crippen molar-refractivity contribution in [2.75, 3.05) is 0 Å². The zero-order valence-corrected chi connectivity index (χ0v) is 13.0. The molecule has 3 heteroatoms. The van der Waals surface area contributed by atoms with Gasteiger partial charge in [-0.2, -0.15) is 0 Å². The van der Waals surface area contributed by atoms with Crippen LogP contribution in [0, 0.1) is 0 Å². The normalized spacial score (nSPS) is 13.0. The Bertz CT molecular complexity index is 522. The van der Waals surface area contributed by atoms with E-state index in [4.69, 9.17) is 4.43 Å². The number of rotatable bonds is 2. The Morgan fingerprint density at radius 2 is 1.82 bits per heavy atom. The van der Waals surface area contributed by atoms with Crippen LogP contribution in [-0.4, -0.2) is 8.32 Å². The number of benzene rings is 1. The van der Waals surface area contributed by atoms with Crippen molar-refractivity contribution in [3.8, 4) is 5.75 Å². The molecule has 0 spiro atoms. The van der Waals surface area contributed by atoms with Crippen LogP contribution >= 0.6 is 11.3 Å². The maximum Gasteiger partial charge on any atom is 0.250 e. The minimum absolute atomic E-state index is 0.247. The Kier molecular flexibility index (Phi) is 3.08. The maximum absolute atomic E-state index is 6.29. The molecule has 92 valence electrons. The molecular formula is C14H20OSSi. The van der Waals surface area contributed by atoms with Crippen molar-refractivity contribution in [1.29, 1.82) is 0 Å². The molecular weight excluding hydrogens is 244 g/mol. The largest absolute Gasteiger partial charge is 0.543 e. The van der Waals surface area contributed by atoms with Gasteiger partial charge in [0.1, 0.15) is 5.75 Å². The van der Waals surface area contributed by atoms with E-state index in [9.17, 15) is 0 Å². The Morgan fingerprint density at radius 1 is 1.12 bits per heavy atom. The fraction of sp³-hybridized carbons (Fsp3) is 0.429. The fourth-order valence-electron chi connectivity index (χ4n) is 1.45. The molecule has 0 radical (unpaired) electrons. The minimum Gasteiger partial charge on any atom is -0.543 e. The first-order chi connectivity index (χ1) is 7.79. The van der Waals surface area contributed by atoms with Gasteiger partial charge in [0.15, 0.2) is 0 Å². The van der Waals surface area contributed by atoms with E-state index >= 15 is 0 Å². The van der Waals surface area contributed by atoms with Crippen molar-refractivity contribution in [1.82, 2.24) is 0 Å². The van der Waals surface area contributed by atoms with Gasteiger partial charge in [0, 0.05) is 4.70 Å². The molecule has 0 unspecified atom stereocenters. The molecule has 0 bridgehead atoms. The third-order valence-electron chi connectivity index (χ3n) is 3.61. The number of hydrogen-bond acceptors (Lipinski definition) is 2. The number of thiophene rings is 1. The molecule has 0 saturated carbocycles. The molecule has 2 aromatic rings. The quantitative estimate of drug-likeness (QED) is 0.670. The van der Waals surface area contributed by atoms with Crippen molar-refractivity contribution in [3.05, 3.63) is 29.6 Å². The van der Waals surface area contributed by atoms with Crippen LogP contribution in [0.15, 0.2) is 29.6 Å². The summed E-state index contributed by atoms with van der Waals surface area (Å²) in [6.45, 7) is 11.4. The Morgan fingerprint density at radius 3 is 2.47 bits per heavy atom. The van der Waals surface area contributed by atoms with Gasteiger partial charge in [-0.1, -0.05) is 20.8 Å².